The summed E-state index contributed by atoms with van der Waals surface area (Å²) in [5.74, 6) is -0.214. The second-order valence-electron chi connectivity index (χ2n) is 4.96. The van der Waals surface area contributed by atoms with Crippen LogP contribution in [0.4, 0.5) is 4.39 Å². The molecular formula is C16H20FN3S. The van der Waals surface area contributed by atoms with E-state index in [0.717, 1.165) is 34.8 Å². The fourth-order valence-electron chi connectivity index (χ4n) is 2.02. The van der Waals surface area contributed by atoms with Crippen molar-refractivity contribution >= 4 is 11.8 Å². The molecule has 0 fully saturated rings. The molecule has 1 heterocycles. The summed E-state index contributed by atoms with van der Waals surface area (Å²) in [4.78, 5) is 9.84. The lowest BCUT2D eigenvalue weighted by Crippen LogP contribution is -2.14. The fourth-order valence-corrected chi connectivity index (χ4v) is 3.00. The van der Waals surface area contributed by atoms with Gasteiger partial charge in [0.15, 0.2) is 5.16 Å². The SMILES string of the molecule is CCCNCc1cc(F)ccc1Sc1nc(C)cc(C)n1. The predicted octanol–water partition coefficient (Wildman–Crippen LogP) is 3.88. The van der Waals surface area contributed by atoms with Gasteiger partial charge in [-0.05, 0) is 68.4 Å². The van der Waals surface area contributed by atoms with Crippen LogP contribution in [-0.2, 0) is 6.54 Å². The van der Waals surface area contributed by atoms with Gasteiger partial charge < -0.3 is 5.32 Å². The van der Waals surface area contributed by atoms with Crippen LogP contribution in [-0.4, -0.2) is 16.5 Å². The summed E-state index contributed by atoms with van der Waals surface area (Å²) in [5, 5.41) is 4.01. The van der Waals surface area contributed by atoms with E-state index in [0.29, 0.717) is 11.7 Å². The highest BCUT2D eigenvalue weighted by molar-refractivity contribution is 7.99. The molecule has 0 atom stereocenters. The van der Waals surface area contributed by atoms with Gasteiger partial charge in [-0.2, -0.15) is 0 Å². The maximum atomic E-state index is 13.5. The van der Waals surface area contributed by atoms with Crippen molar-refractivity contribution in [3.05, 3.63) is 47.0 Å². The van der Waals surface area contributed by atoms with Gasteiger partial charge in [-0.25, -0.2) is 14.4 Å². The molecule has 5 heteroatoms. The number of benzene rings is 1. The van der Waals surface area contributed by atoms with Crippen molar-refractivity contribution < 1.29 is 4.39 Å². The first-order chi connectivity index (χ1) is 10.1. The summed E-state index contributed by atoms with van der Waals surface area (Å²) in [6.45, 7) is 7.58. The normalized spacial score (nSPS) is 10.9. The second kappa shape index (κ2) is 7.52. The molecule has 0 saturated heterocycles. The first kappa shape index (κ1) is 15.9. The minimum atomic E-state index is -0.214. The lowest BCUT2D eigenvalue weighted by molar-refractivity contribution is 0.615. The van der Waals surface area contributed by atoms with Crippen LogP contribution in [0.25, 0.3) is 0 Å². The number of nitrogens with zero attached hydrogens (tertiary/aromatic N) is 2. The van der Waals surface area contributed by atoms with Crippen molar-refractivity contribution in [3.8, 4) is 0 Å². The molecule has 0 unspecified atom stereocenters. The molecule has 2 aromatic rings. The van der Waals surface area contributed by atoms with Crippen LogP contribution in [0.1, 0.15) is 30.3 Å². The molecular weight excluding hydrogens is 285 g/mol. The molecule has 0 amide bonds. The van der Waals surface area contributed by atoms with Crippen molar-refractivity contribution in [2.45, 2.75) is 43.8 Å². The monoisotopic (exact) mass is 305 g/mol. The first-order valence-corrected chi connectivity index (χ1v) is 7.89. The minimum Gasteiger partial charge on any atom is -0.313 e. The van der Waals surface area contributed by atoms with Gasteiger partial charge in [0.25, 0.3) is 0 Å². The summed E-state index contributed by atoms with van der Waals surface area (Å²) >= 11 is 1.48. The number of aryl methyl sites for hydroxylation is 2. The number of halogens is 1. The fraction of sp³-hybridized carbons (Fsp3) is 0.375. The van der Waals surface area contributed by atoms with Crippen molar-refractivity contribution in [3.63, 3.8) is 0 Å². The van der Waals surface area contributed by atoms with Gasteiger partial charge in [-0.15, -0.1) is 0 Å². The zero-order valence-electron chi connectivity index (χ0n) is 12.6. The molecule has 3 nitrogen and oxygen atoms in total. The molecule has 0 saturated carbocycles. The van der Waals surface area contributed by atoms with Gasteiger partial charge in [-0.1, -0.05) is 6.92 Å². The average Bonchev–Trinajstić information content (AvgIpc) is 2.41. The Bertz CT molecular complexity index is 596. The van der Waals surface area contributed by atoms with E-state index in [1.54, 1.807) is 12.1 Å². The third-order valence-corrected chi connectivity index (χ3v) is 3.91. The van der Waals surface area contributed by atoms with Gasteiger partial charge in [0, 0.05) is 22.8 Å². The Hall–Kier alpha value is -1.46. The van der Waals surface area contributed by atoms with Gasteiger partial charge in [-0.3, -0.25) is 0 Å². The van der Waals surface area contributed by atoms with Gasteiger partial charge in [0.05, 0.1) is 0 Å². The van der Waals surface area contributed by atoms with Crippen LogP contribution in [0.2, 0.25) is 0 Å². The molecule has 21 heavy (non-hydrogen) atoms. The van der Waals surface area contributed by atoms with E-state index in [1.165, 1.54) is 17.8 Å². The lowest BCUT2D eigenvalue weighted by Gasteiger charge is -2.10. The zero-order valence-corrected chi connectivity index (χ0v) is 13.4. The molecule has 0 aliphatic heterocycles. The Kier molecular flexibility index (Phi) is 5.70. The number of hydrogen-bond acceptors (Lipinski definition) is 4. The Morgan fingerprint density at radius 1 is 1.14 bits per heavy atom. The van der Waals surface area contributed by atoms with Crippen LogP contribution < -0.4 is 5.32 Å². The van der Waals surface area contributed by atoms with Crippen molar-refractivity contribution in [2.24, 2.45) is 0 Å². The van der Waals surface area contributed by atoms with E-state index < -0.39 is 0 Å². The topological polar surface area (TPSA) is 37.8 Å². The van der Waals surface area contributed by atoms with Crippen LogP contribution in [0.3, 0.4) is 0 Å². The summed E-state index contributed by atoms with van der Waals surface area (Å²) in [7, 11) is 0. The van der Waals surface area contributed by atoms with Crippen LogP contribution in [0.15, 0.2) is 34.3 Å². The molecule has 1 aromatic heterocycles. The third-order valence-electron chi connectivity index (χ3n) is 2.93. The van der Waals surface area contributed by atoms with Gasteiger partial charge in [0.2, 0.25) is 0 Å². The van der Waals surface area contributed by atoms with Gasteiger partial charge in [0.1, 0.15) is 5.82 Å². The highest BCUT2D eigenvalue weighted by atomic mass is 32.2. The predicted molar refractivity (Wildman–Crippen MR) is 84.0 cm³/mol. The minimum absolute atomic E-state index is 0.214. The van der Waals surface area contributed by atoms with Crippen LogP contribution >= 0.6 is 11.8 Å². The number of hydrogen-bond donors (Lipinski definition) is 1. The smallest absolute Gasteiger partial charge is 0.192 e. The van der Waals surface area contributed by atoms with Crippen LogP contribution in [0.5, 0.6) is 0 Å². The zero-order chi connectivity index (χ0) is 15.2. The number of aromatic nitrogens is 2. The standard InChI is InChI=1S/C16H20FN3S/c1-4-7-18-10-13-9-14(17)5-6-15(13)21-16-19-11(2)8-12(3)20-16/h5-6,8-9,18H,4,7,10H2,1-3H3. The van der Waals surface area contributed by atoms with Crippen LogP contribution in [0, 0.1) is 19.7 Å². The maximum absolute atomic E-state index is 13.5. The Morgan fingerprint density at radius 2 is 1.86 bits per heavy atom. The Morgan fingerprint density at radius 3 is 2.52 bits per heavy atom. The molecule has 0 spiro atoms. The largest absolute Gasteiger partial charge is 0.313 e. The van der Waals surface area contributed by atoms with Gasteiger partial charge >= 0.3 is 0 Å². The first-order valence-electron chi connectivity index (χ1n) is 7.07. The lowest BCUT2D eigenvalue weighted by atomic mass is 10.2. The molecule has 0 aliphatic carbocycles. The molecule has 1 N–H and O–H groups in total. The molecule has 112 valence electrons. The highest BCUT2D eigenvalue weighted by Crippen LogP contribution is 2.29. The van der Waals surface area contributed by atoms with E-state index in [1.807, 2.05) is 19.9 Å². The number of nitrogens with one attached hydrogen (secondary N) is 1. The van der Waals surface area contributed by atoms with Crippen molar-refractivity contribution in [2.75, 3.05) is 6.54 Å². The average molecular weight is 305 g/mol. The summed E-state index contributed by atoms with van der Waals surface area (Å²) in [5.41, 5.74) is 2.83. The van der Waals surface area contributed by atoms with Crippen molar-refractivity contribution in [1.29, 1.82) is 0 Å². The van der Waals surface area contributed by atoms with E-state index in [4.69, 9.17) is 0 Å². The summed E-state index contributed by atoms with van der Waals surface area (Å²) < 4.78 is 13.5. The maximum Gasteiger partial charge on any atom is 0.192 e. The van der Waals surface area contributed by atoms with Crippen molar-refractivity contribution in [1.82, 2.24) is 15.3 Å². The molecule has 0 radical (unpaired) electrons. The van der Waals surface area contributed by atoms with E-state index in [-0.39, 0.29) is 5.82 Å². The molecule has 1 aromatic carbocycles. The molecule has 2 rings (SSSR count). The quantitative estimate of drug-likeness (QED) is 0.649. The Labute approximate surface area is 129 Å². The van der Waals surface area contributed by atoms with E-state index in [2.05, 4.69) is 22.2 Å². The summed E-state index contributed by atoms with van der Waals surface area (Å²) in [6.07, 6.45) is 1.05. The number of rotatable bonds is 6. The second-order valence-corrected chi connectivity index (χ2v) is 5.97. The third kappa shape index (κ3) is 4.79. The Balaban J connectivity index is 2.21. The molecule has 0 bridgehead atoms. The van der Waals surface area contributed by atoms with E-state index >= 15 is 0 Å². The molecule has 0 aliphatic rings. The highest BCUT2D eigenvalue weighted by Gasteiger charge is 2.09. The van der Waals surface area contributed by atoms with E-state index in [9.17, 15) is 4.39 Å². The summed E-state index contributed by atoms with van der Waals surface area (Å²) in [6, 6.07) is 6.80.